The van der Waals surface area contributed by atoms with Gasteiger partial charge in [0.25, 0.3) is 0 Å². The van der Waals surface area contributed by atoms with Gasteiger partial charge in [0.1, 0.15) is 28.8 Å². The second kappa shape index (κ2) is 13.3. The Morgan fingerprint density at radius 3 is 2.02 bits per heavy atom. The van der Waals surface area contributed by atoms with Gasteiger partial charge in [-0.1, -0.05) is 140 Å². The van der Waals surface area contributed by atoms with Crippen molar-refractivity contribution < 1.29 is 4.42 Å². The first kappa shape index (κ1) is 32.2. The minimum Gasteiger partial charge on any atom is -0.452 e. The van der Waals surface area contributed by atoms with Crippen molar-refractivity contribution in [1.82, 2.24) is 15.3 Å². The molecule has 56 heavy (non-hydrogen) atoms. The van der Waals surface area contributed by atoms with Crippen LogP contribution in [0.25, 0.3) is 76.0 Å². The van der Waals surface area contributed by atoms with Gasteiger partial charge in [-0.3, -0.25) is 0 Å². The van der Waals surface area contributed by atoms with E-state index in [9.17, 15) is 0 Å². The third-order valence-corrected chi connectivity index (χ3v) is 11.5. The number of aromatic nitrogens is 2. The molecular weight excluding hydrogens is 707 g/mol. The largest absolute Gasteiger partial charge is 0.452 e. The lowest BCUT2D eigenvalue weighted by Crippen LogP contribution is -2.34. The average Bonchev–Trinajstić information content (AvgIpc) is 3.85. The van der Waals surface area contributed by atoms with Gasteiger partial charge in [0.15, 0.2) is 17.2 Å². The Bertz CT molecular complexity index is 3170. The third kappa shape index (κ3) is 5.56. The van der Waals surface area contributed by atoms with Crippen LogP contribution in [0.5, 0.6) is 0 Å². The van der Waals surface area contributed by atoms with Crippen LogP contribution in [-0.4, -0.2) is 21.6 Å². The maximum Gasteiger partial charge on any atom is 0.180 e. The van der Waals surface area contributed by atoms with Crippen LogP contribution in [0.1, 0.15) is 22.9 Å². The lowest BCUT2D eigenvalue weighted by Gasteiger charge is -2.25. The molecule has 0 radical (unpaired) electrons. The number of rotatable bonds is 6. The van der Waals surface area contributed by atoms with Gasteiger partial charge in [-0.25, -0.2) is 20.0 Å². The van der Waals surface area contributed by atoms with E-state index in [1.165, 1.54) is 20.2 Å². The summed E-state index contributed by atoms with van der Waals surface area (Å²) in [5.41, 5.74) is 9.84. The first-order chi connectivity index (χ1) is 27.7. The van der Waals surface area contributed by atoms with Gasteiger partial charge in [0.2, 0.25) is 0 Å². The summed E-state index contributed by atoms with van der Waals surface area (Å²) < 4.78 is 8.96. The molecule has 1 aliphatic heterocycles. The van der Waals surface area contributed by atoms with E-state index in [1.807, 2.05) is 84.1 Å². The molecule has 1 unspecified atom stereocenters. The van der Waals surface area contributed by atoms with Crippen molar-refractivity contribution >= 4 is 65.2 Å². The fourth-order valence-corrected chi connectivity index (χ4v) is 8.73. The molecule has 0 saturated heterocycles. The first-order valence-corrected chi connectivity index (χ1v) is 19.4. The highest BCUT2D eigenvalue weighted by molar-refractivity contribution is 7.25. The normalized spacial score (nSPS) is 14.2. The summed E-state index contributed by atoms with van der Waals surface area (Å²) in [5, 5.41) is 7.17. The fraction of sp³-hybridized carbons (Fsp3) is 0.0204. The Labute approximate surface area is 326 Å². The van der Waals surface area contributed by atoms with Crippen molar-refractivity contribution in [2.45, 2.75) is 6.17 Å². The highest BCUT2D eigenvalue weighted by Crippen LogP contribution is 2.40. The Hall–Kier alpha value is -7.22. The van der Waals surface area contributed by atoms with Gasteiger partial charge in [-0.05, 0) is 53.1 Å². The molecule has 0 aliphatic carbocycles. The molecular formula is C49H31N5OS. The van der Waals surface area contributed by atoms with E-state index in [4.69, 9.17) is 24.4 Å². The van der Waals surface area contributed by atoms with Gasteiger partial charge < -0.3 is 9.73 Å². The highest BCUT2D eigenvalue weighted by Gasteiger charge is 2.25. The number of hydrogen-bond acceptors (Lipinski definition) is 7. The highest BCUT2D eigenvalue weighted by atomic mass is 32.1. The lowest BCUT2D eigenvalue weighted by atomic mass is 9.94. The zero-order chi connectivity index (χ0) is 37.0. The van der Waals surface area contributed by atoms with E-state index in [1.54, 1.807) is 0 Å². The second-order valence-corrected chi connectivity index (χ2v) is 14.9. The summed E-state index contributed by atoms with van der Waals surface area (Å²) in [4.78, 5) is 20.9. The monoisotopic (exact) mass is 737 g/mol. The van der Waals surface area contributed by atoms with Crippen molar-refractivity contribution in [3.8, 4) is 33.8 Å². The molecule has 0 saturated carbocycles. The summed E-state index contributed by atoms with van der Waals surface area (Å²) in [6, 6.07) is 60.6. The molecule has 0 spiro atoms. The number of fused-ring (bicyclic) bond motifs is 6. The number of thiophene rings is 1. The van der Waals surface area contributed by atoms with Crippen LogP contribution in [0.2, 0.25) is 0 Å². The molecule has 0 bridgehead atoms. The minimum absolute atomic E-state index is 0.353. The smallest absolute Gasteiger partial charge is 0.180 e. The standard InChI is InChI=1S/C49H31N5OS/c1-4-14-30(15-5-1)43-45-44(37-21-10-12-22-40(37)55-45)51-48(50-43)34-24-26-35(33-25-27-42-38(28-33)36-20-11-13-23-41(36)56-42)39(29-34)49-53-46(31-16-6-2-7-17-31)52-47(54-49)32-18-8-3-9-19-32/h1-29,46H,(H,52,53,54). The average molecular weight is 738 g/mol. The van der Waals surface area contributed by atoms with Gasteiger partial charge in [-0.15, -0.1) is 11.3 Å². The van der Waals surface area contributed by atoms with E-state index in [0.29, 0.717) is 17.2 Å². The first-order valence-electron chi connectivity index (χ1n) is 18.6. The fourth-order valence-electron chi connectivity index (χ4n) is 7.64. The Balaban J connectivity index is 1.15. The predicted molar refractivity (Wildman–Crippen MR) is 230 cm³/mol. The van der Waals surface area contributed by atoms with E-state index in [-0.39, 0.29) is 6.17 Å². The molecule has 6 nitrogen and oxygen atoms in total. The van der Waals surface area contributed by atoms with E-state index < -0.39 is 0 Å². The third-order valence-electron chi connectivity index (χ3n) is 10.4. The van der Waals surface area contributed by atoms with E-state index in [0.717, 1.165) is 67.0 Å². The predicted octanol–water partition coefficient (Wildman–Crippen LogP) is 12.2. The zero-order valence-electron chi connectivity index (χ0n) is 29.9. The molecule has 7 aromatic carbocycles. The van der Waals surface area contributed by atoms with Gasteiger partial charge in [-0.2, -0.15) is 0 Å². The number of furan rings is 1. The van der Waals surface area contributed by atoms with E-state index >= 15 is 0 Å². The van der Waals surface area contributed by atoms with Crippen LogP contribution in [0.15, 0.2) is 190 Å². The second-order valence-electron chi connectivity index (χ2n) is 13.8. The number of benzene rings is 7. The summed E-state index contributed by atoms with van der Waals surface area (Å²) >= 11 is 1.82. The summed E-state index contributed by atoms with van der Waals surface area (Å²) in [5.74, 6) is 1.98. The number of nitrogens with one attached hydrogen (secondary N) is 1. The lowest BCUT2D eigenvalue weighted by molar-refractivity contribution is 0.667. The maximum atomic E-state index is 6.42. The molecule has 0 fully saturated rings. The minimum atomic E-state index is -0.353. The summed E-state index contributed by atoms with van der Waals surface area (Å²) in [6.45, 7) is 0. The molecule has 4 heterocycles. The molecule has 3 aromatic heterocycles. The Morgan fingerprint density at radius 1 is 0.518 bits per heavy atom. The van der Waals surface area contributed by atoms with E-state index in [2.05, 4.69) is 108 Å². The van der Waals surface area contributed by atoms with Crippen molar-refractivity contribution in [2.75, 3.05) is 0 Å². The molecule has 1 N–H and O–H groups in total. The zero-order valence-corrected chi connectivity index (χ0v) is 30.7. The number of amidine groups is 2. The Morgan fingerprint density at radius 2 is 1.20 bits per heavy atom. The maximum absolute atomic E-state index is 6.42. The van der Waals surface area contributed by atoms with Crippen molar-refractivity contribution in [3.05, 3.63) is 193 Å². The number of nitrogens with zero attached hydrogens (tertiary/aromatic N) is 4. The summed E-state index contributed by atoms with van der Waals surface area (Å²) in [7, 11) is 0. The summed E-state index contributed by atoms with van der Waals surface area (Å²) in [6.07, 6.45) is -0.353. The van der Waals surface area contributed by atoms with Crippen LogP contribution >= 0.6 is 11.3 Å². The van der Waals surface area contributed by atoms with Crippen LogP contribution in [0.3, 0.4) is 0 Å². The quantitative estimate of drug-likeness (QED) is 0.184. The molecule has 7 heteroatoms. The van der Waals surface area contributed by atoms with Crippen LogP contribution < -0.4 is 5.32 Å². The molecule has 264 valence electrons. The Kier molecular flexibility index (Phi) is 7.64. The van der Waals surface area contributed by atoms with Gasteiger partial charge in [0, 0.05) is 47.8 Å². The topological polar surface area (TPSA) is 75.7 Å². The molecule has 10 aromatic rings. The number of para-hydroxylation sites is 1. The number of hydrogen-bond donors (Lipinski definition) is 1. The van der Waals surface area contributed by atoms with Crippen LogP contribution in [0, 0.1) is 0 Å². The van der Waals surface area contributed by atoms with Crippen LogP contribution in [-0.2, 0) is 0 Å². The molecule has 11 rings (SSSR count). The van der Waals surface area contributed by atoms with Crippen LogP contribution in [0.4, 0.5) is 0 Å². The number of aliphatic imine (C=N–C) groups is 2. The molecule has 1 aliphatic rings. The van der Waals surface area contributed by atoms with Gasteiger partial charge >= 0.3 is 0 Å². The van der Waals surface area contributed by atoms with Crippen molar-refractivity contribution in [2.24, 2.45) is 9.98 Å². The van der Waals surface area contributed by atoms with Crippen molar-refractivity contribution in [1.29, 1.82) is 0 Å². The molecule has 0 amide bonds. The van der Waals surface area contributed by atoms with Gasteiger partial charge in [0.05, 0.1) is 0 Å². The molecule has 1 atom stereocenters. The van der Waals surface area contributed by atoms with Crippen molar-refractivity contribution in [3.63, 3.8) is 0 Å². The SMILES string of the molecule is c1ccc(C2=NC(c3ccccc3)NC(c3cc(-c4nc(-c5ccccc5)c5oc6ccccc6c5n4)ccc3-c3ccc4sc5ccccc5c4c3)=N2)cc1.